The Bertz CT molecular complexity index is 902. The zero-order valence-electron chi connectivity index (χ0n) is 15.3. The molecule has 0 unspecified atom stereocenters. The first-order valence-corrected chi connectivity index (χ1v) is 10.0. The van der Waals surface area contributed by atoms with Crippen molar-refractivity contribution in [1.29, 1.82) is 0 Å². The molecule has 0 bridgehead atoms. The zero-order chi connectivity index (χ0) is 19.8. The molecule has 146 valence electrons. The van der Waals surface area contributed by atoms with Crippen molar-refractivity contribution in [1.82, 2.24) is 19.7 Å². The summed E-state index contributed by atoms with van der Waals surface area (Å²) < 4.78 is 7.16. The average Bonchev–Trinajstić information content (AvgIpc) is 3.12. The Balaban J connectivity index is 1.69. The molecular formula is C19H20ClN5O2S. The van der Waals surface area contributed by atoms with Crippen LogP contribution in [0.3, 0.4) is 0 Å². The predicted octanol–water partition coefficient (Wildman–Crippen LogP) is 3.76. The summed E-state index contributed by atoms with van der Waals surface area (Å²) in [6.45, 7) is 1.33. The number of halogens is 1. The van der Waals surface area contributed by atoms with Gasteiger partial charge in [0, 0.05) is 48.9 Å². The second-order valence-corrected chi connectivity index (χ2v) is 7.26. The van der Waals surface area contributed by atoms with Crippen LogP contribution in [0, 0.1) is 0 Å². The maximum absolute atomic E-state index is 12.3. The molecule has 28 heavy (non-hydrogen) atoms. The van der Waals surface area contributed by atoms with Gasteiger partial charge in [0.05, 0.1) is 5.75 Å². The summed E-state index contributed by atoms with van der Waals surface area (Å²) in [4.78, 5) is 16.3. The molecule has 0 saturated heterocycles. The lowest BCUT2D eigenvalue weighted by Crippen LogP contribution is -2.14. The highest BCUT2D eigenvalue weighted by molar-refractivity contribution is 7.99. The van der Waals surface area contributed by atoms with Crippen LogP contribution in [0.1, 0.15) is 6.42 Å². The minimum atomic E-state index is -0.121. The number of amides is 1. The van der Waals surface area contributed by atoms with E-state index in [0.717, 1.165) is 17.8 Å². The van der Waals surface area contributed by atoms with E-state index in [2.05, 4.69) is 20.5 Å². The molecule has 2 aromatic heterocycles. The number of pyridine rings is 1. The fourth-order valence-electron chi connectivity index (χ4n) is 2.54. The number of thioether (sulfide) groups is 1. The Morgan fingerprint density at radius 3 is 2.64 bits per heavy atom. The van der Waals surface area contributed by atoms with Crippen LogP contribution in [0.15, 0.2) is 53.9 Å². The topological polar surface area (TPSA) is 81.9 Å². The van der Waals surface area contributed by atoms with Crippen LogP contribution in [0.25, 0.3) is 11.4 Å². The molecule has 0 fully saturated rings. The molecule has 0 saturated carbocycles. The van der Waals surface area contributed by atoms with Gasteiger partial charge in [0.15, 0.2) is 11.0 Å². The van der Waals surface area contributed by atoms with E-state index in [1.54, 1.807) is 43.8 Å². The van der Waals surface area contributed by atoms with Gasteiger partial charge < -0.3 is 14.6 Å². The van der Waals surface area contributed by atoms with Gasteiger partial charge in [0.2, 0.25) is 5.91 Å². The van der Waals surface area contributed by atoms with Gasteiger partial charge in [-0.25, -0.2) is 0 Å². The first-order valence-electron chi connectivity index (χ1n) is 8.68. The molecule has 0 aliphatic heterocycles. The minimum Gasteiger partial charge on any atom is -0.385 e. The van der Waals surface area contributed by atoms with Crippen LogP contribution in [0.4, 0.5) is 5.69 Å². The number of benzene rings is 1. The van der Waals surface area contributed by atoms with Gasteiger partial charge in [-0.1, -0.05) is 23.4 Å². The number of hydrogen-bond donors (Lipinski definition) is 1. The fraction of sp³-hybridized carbons (Fsp3) is 0.263. The van der Waals surface area contributed by atoms with Crippen molar-refractivity contribution in [2.24, 2.45) is 0 Å². The van der Waals surface area contributed by atoms with Crippen molar-refractivity contribution in [3.63, 3.8) is 0 Å². The van der Waals surface area contributed by atoms with Crippen molar-refractivity contribution in [3.8, 4) is 11.4 Å². The normalized spacial score (nSPS) is 10.8. The Morgan fingerprint density at radius 2 is 1.93 bits per heavy atom. The van der Waals surface area contributed by atoms with E-state index in [4.69, 9.17) is 16.3 Å². The molecule has 1 amide bonds. The number of hydrogen-bond acceptors (Lipinski definition) is 6. The average molecular weight is 418 g/mol. The number of carbonyl (C=O) groups excluding carboxylic acids is 1. The Hall–Kier alpha value is -2.42. The standard InChI is InChI=1S/C19H20ClN5O2S/c1-27-12-2-11-25-18(14-7-9-21-10-8-14)23-24-19(25)28-13-17(26)22-16-5-3-15(20)4-6-16/h3-10H,2,11-13H2,1H3,(H,22,26). The number of aromatic nitrogens is 4. The van der Waals surface area contributed by atoms with E-state index in [1.165, 1.54) is 11.8 Å². The molecule has 3 rings (SSSR count). The van der Waals surface area contributed by atoms with Gasteiger partial charge in [0.1, 0.15) is 0 Å². The third-order valence-electron chi connectivity index (χ3n) is 3.85. The SMILES string of the molecule is COCCCn1c(SCC(=O)Nc2ccc(Cl)cc2)nnc1-c1ccncc1. The van der Waals surface area contributed by atoms with Crippen molar-refractivity contribution in [3.05, 3.63) is 53.8 Å². The molecule has 1 aromatic carbocycles. The molecule has 0 radical (unpaired) electrons. The summed E-state index contributed by atoms with van der Waals surface area (Å²) in [5.74, 6) is 0.852. The van der Waals surface area contributed by atoms with Crippen LogP contribution in [-0.4, -0.2) is 45.1 Å². The summed E-state index contributed by atoms with van der Waals surface area (Å²) >= 11 is 7.21. The number of anilines is 1. The largest absolute Gasteiger partial charge is 0.385 e. The fourth-order valence-corrected chi connectivity index (χ4v) is 3.43. The highest BCUT2D eigenvalue weighted by Crippen LogP contribution is 2.24. The van der Waals surface area contributed by atoms with Gasteiger partial charge >= 0.3 is 0 Å². The molecule has 0 aliphatic carbocycles. The zero-order valence-corrected chi connectivity index (χ0v) is 16.9. The smallest absolute Gasteiger partial charge is 0.234 e. The number of carbonyl (C=O) groups is 1. The maximum atomic E-state index is 12.3. The number of nitrogens with one attached hydrogen (secondary N) is 1. The highest BCUT2D eigenvalue weighted by atomic mass is 35.5. The first-order chi connectivity index (χ1) is 13.7. The number of methoxy groups -OCH3 is 1. The van der Waals surface area contributed by atoms with Crippen LogP contribution >= 0.6 is 23.4 Å². The number of rotatable bonds is 9. The van der Waals surface area contributed by atoms with E-state index in [-0.39, 0.29) is 11.7 Å². The third-order valence-corrected chi connectivity index (χ3v) is 5.06. The van der Waals surface area contributed by atoms with Gasteiger partial charge in [-0.05, 0) is 42.8 Å². The molecule has 7 nitrogen and oxygen atoms in total. The minimum absolute atomic E-state index is 0.121. The number of ether oxygens (including phenoxy) is 1. The van der Waals surface area contributed by atoms with Gasteiger partial charge in [-0.2, -0.15) is 0 Å². The second-order valence-electron chi connectivity index (χ2n) is 5.88. The van der Waals surface area contributed by atoms with E-state index in [1.807, 2.05) is 16.7 Å². The summed E-state index contributed by atoms with van der Waals surface area (Å²) in [6.07, 6.45) is 4.25. The van der Waals surface area contributed by atoms with Crippen molar-refractivity contribution < 1.29 is 9.53 Å². The highest BCUT2D eigenvalue weighted by Gasteiger charge is 2.15. The Morgan fingerprint density at radius 1 is 1.18 bits per heavy atom. The van der Waals surface area contributed by atoms with Crippen LogP contribution in [-0.2, 0) is 16.1 Å². The Labute approximate surface area is 172 Å². The summed E-state index contributed by atoms with van der Waals surface area (Å²) in [6, 6.07) is 10.8. The molecule has 0 aliphatic rings. The molecule has 3 aromatic rings. The van der Waals surface area contributed by atoms with Crippen LogP contribution in [0.5, 0.6) is 0 Å². The molecular weight excluding hydrogens is 398 g/mol. The monoisotopic (exact) mass is 417 g/mol. The van der Waals surface area contributed by atoms with Gasteiger partial charge in [-0.3, -0.25) is 9.78 Å². The lowest BCUT2D eigenvalue weighted by molar-refractivity contribution is -0.113. The summed E-state index contributed by atoms with van der Waals surface area (Å²) in [7, 11) is 1.67. The molecule has 2 heterocycles. The molecule has 0 atom stereocenters. The third kappa shape index (κ3) is 5.54. The molecule has 0 spiro atoms. The van der Waals surface area contributed by atoms with E-state index in [9.17, 15) is 4.79 Å². The summed E-state index contributed by atoms with van der Waals surface area (Å²) in [5.41, 5.74) is 1.63. The molecule has 9 heteroatoms. The van der Waals surface area contributed by atoms with E-state index < -0.39 is 0 Å². The van der Waals surface area contributed by atoms with Gasteiger partial charge in [0.25, 0.3) is 0 Å². The lowest BCUT2D eigenvalue weighted by Gasteiger charge is -2.10. The van der Waals surface area contributed by atoms with Gasteiger partial charge in [-0.15, -0.1) is 10.2 Å². The maximum Gasteiger partial charge on any atom is 0.234 e. The van der Waals surface area contributed by atoms with Crippen LogP contribution in [0.2, 0.25) is 5.02 Å². The summed E-state index contributed by atoms with van der Waals surface area (Å²) in [5, 5.41) is 12.8. The van der Waals surface area contributed by atoms with Crippen molar-refractivity contribution in [2.75, 3.05) is 24.8 Å². The molecule has 1 N–H and O–H groups in total. The van der Waals surface area contributed by atoms with Crippen LogP contribution < -0.4 is 5.32 Å². The predicted molar refractivity (Wildman–Crippen MR) is 111 cm³/mol. The number of nitrogens with zero attached hydrogens (tertiary/aromatic N) is 4. The van der Waals surface area contributed by atoms with Crippen molar-refractivity contribution in [2.45, 2.75) is 18.1 Å². The second kappa shape index (κ2) is 10.2. The first kappa shape index (κ1) is 20.3. The Kier molecular flexibility index (Phi) is 7.41. The van der Waals surface area contributed by atoms with Crippen molar-refractivity contribution >= 4 is 35.0 Å². The van der Waals surface area contributed by atoms with E-state index >= 15 is 0 Å². The lowest BCUT2D eigenvalue weighted by atomic mass is 10.2. The van der Waals surface area contributed by atoms with E-state index in [0.29, 0.717) is 29.0 Å². The quantitative estimate of drug-likeness (QED) is 0.421.